The first-order valence-electron chi connectivity index (χ1n) is 11.4. The lowest BCUT2D eigenvalue weighted by Gasteiger charge is -2.20. The number of anilines is 1. The van der Waals surface area contributed by atoms with E-state index >= 15 is 0 Å². The Morgan fingerprint density at radius 3 is 2.17 bits per heavy atom. The van der Waals surface area contributed by atoms with Crippen LogP contribution < -0.4 is 18.6 Å². The number of ether oxygens (including phenoxy) is 2. The van der Waals surface area contributed by atoms with Crippen LogP contribution in [0, 0.1) is 12.7 Å². The van der Waals surface area contributed by atoms with E-state index in [2.05, 4.69) is 0 Å². The van der Waals surface area contributed by atoms with Gasteiger partial charge in [-0.3, -0.25) is 0 Å². The molecule has 0 atom stereocenters. The van der Waals surface area contributed by atoms with Crippen LogP contribution >= 0.6 is 0 Å². The van der Waals surface area contributed by atoms with Crippen LogP contribution in [0.2, 0.25) is 0 Å². The van der Waals surface area contributed by atoms with Crippen molar-refractivity contribution in [2.75, 3.05) is 39.0 Å². The van der Waals surface area contributed by atoms with Crippen LogP contribution in [0.5, 0.6) is 17.2 Å². The Labute approximate surface area is 213 Å². The molecule has 0 aliphatic rings. The summed E-state index contributed by atoms with van der Waals surface area (Å²) in [6.45, 7) is 5.87. The van der Waals surface area contributed by atoms with E-state index in [0.29, 0.717) is 22.4 Å². The summed E-state index contributed by atoms with van der Waals surface area (Å²) in [5, 5.41) is 0. The number of halogens is 1. The largest absolute Gasteiger partial charge is 0.496 e. The lowest BCUT2D eigenvalue weighted by atomic mass is 9.93. The van der Waals surface area contributed by atoms with Gasteiger partial charge in [0.15, 0.2) is 17.3 Å². The number of methoxy groups -OCH3 is 1. The first kappa shape index (κ1) is 27.1. The van der Waals surface area contributed by atoms with Crippen molar-refractivity contribution in [3.05, 3.63) is 71.6 Å². The fourth-order valence-corrected chi connectivity index (χ4v) is 4.24. The quantitative estimate of drug-likeness (QED) is 0.250. The van der Waals surface area contributed by atoms with E-state index in [1.165, 1.54) is 19.2 Å². The highest BCUT2D eigenvalue weighted by Crippen LogP contribution is 2.46. The van der Waals surface area contributed by atoms with Crippen molar-refractivity contribution in [1.29, 1.82) is 0 Å². The van der Waals surface area contributed by atoms with E-state index in [9.17, 15) is 12.8 Å². The van der Waals surface area contributed by atoms with Crippen LogP contribution in [0.15, 0.2) is 60.2 Å². The molecule has 6 nitrogen and oxygen atoms in total. The summed E-state index contributed by atoms with van der Waals surface area (Å²) in [7, 11) is 1.48. The molecule has 0 heterocycles. The van der Waals surface area contributed by atoms with Crippen molar-refractivity contribution >= 4 is 15.8 Å². The van der Waals surface area contributed by atoms with E-state index in [1.54, 1.807) is 13.0 Å². The Morgan fingerprint density at radius 1 is 1.00 bits per heavy atom. The van der Waals surface area contributed by atoms with Gasteiger partial charge in [-0.25, -0.2) is 4.39 Å². The summed E-state index contributed by atoms with van der Waals surface area (Å²) >= 11 is 0. The van der Waals surface area contributed by atoms with Crippen molar-refractivity contribution in [1.82, 2.24) is 0 Å². The van der Waals surface area contributed by atoms with Crippen molar-refractivity contribution in [2.45, 2.75) is 20.8 Å². The van der Waals surface area contributed by atoms with Gasteiger partial charge in [-0.2, -0.15) is 8.42 Å². The molecule has 0 aliphatic heterocycles. The number of nitrogens with zero attached hydrogens (tertiary/aromatic N) is 1. The molecule has 0 saturated heterocycles. The van der Waals surface area contributed by atoms with Crippen molar-refractivity contribution in [3.8, 4) is 39.5 Å². The normalized spacial score (nSPS) is 11.1. The predicted molar refractivity (Wildman–Crippen MR) is 143 cm³/mol. The molecule has 192 valence electrons. The van der Waals surface area contributed by atoms with Crippen LogP contribution in [0.4, 0.5) is 10.1 Å². The second kappa shape index (κ2) is 11.0. The fourth-order valence-electron chi connectivity index (χ4n) is 3.73. The zero-order valence-corrected chi connectivity index (χ0v) is 22.5. The minimum absolute atomic E-state index is 0.0844. The van der Waals surface area contributed by atoms with Gasteiger partial charge in [0.25, 0.3) is 0 Å². The molecule has 0 fully saturated rings. The van der Waals surface area contributed by atoms with Crippen molar-refractivity contribution < 1.29 is 26.5 Å². The van der Waals surface area contributed by atoms with Gasteiger partial charge in [0.1, 0.15) is 12.4 Å². The maximum Gasteiger partial charge on any atom is 0.306 e. The van der Waals surface area contributed by atoms with Crippen LogP contribution in [0.25, 0.3) is 22.3 Å². The Balaban J connectivity index is 2.18. The van der Waals surface area contributed by atoms with Crippen LogP contribution in [-0.4, -0.2) is 42.5 Å². The maximum atomic E-state index is 15.0. The number of hydrogen-bond acceptors (Lipinski definition) is 6. The second-order valence-corrected chi connectivity index (χ2v) is 10.5. The van der Waals surface area contributed by atoms with E-state index in [4.69, 9.17) is 13.7 Å². The first-order chi connectivity index (χ1) is 16.9. The number of hydrogen-bond donors (Lipinski definition) is 0. The van der Waals surface area contributed by atoms with Gasteiger partial charge in [-0.05, 0) is 73.9 Å². The van der Waals surface area contributed by atoms with Crippen molar-refractivity contribution in [2.24, 2.45) is 0 Å². The fraction of sp³-hybridized carbons (Fsp3) is 0.286. The Bertz CT molecular complexity index is 1380. The average molecular weight is 514 g/mol. The molecule has 0 aliphatic carbocycles. The van der Waals surface area contributed by atoms with Gasteiger partial charge < -0.3 is 18.6 Å². The van der Waals surface area contributed by atoms with Gasteiger partial charge in [0, 0.05) is 25.3 Å². The lowest BCUT2D eigenvalue weighted by molar-refractivity contribution is 0.341. The molecule has 0 bridgehead atoms. The Kier molecular flexibility index (Phi) is 8.30. The highest BCUT2D eigenvalue weighted by Gasteiger charge is 2.24. The number of benzene rings is 3. The van der Waals surface area contributed by atoms with Crippen LogP contribution in [0.1, 0.15) is 19.4 Å². The van der Waals surface area contributed by atoms with Gasteiger partial charge in [0.2, 0.25) is 0 Å². The topological polar surface area (TPSA) is 65.1 Å². The van der Waals surface area contributed by atoms with E-state index in [0.717, 1.165) is 28.6 Å². The zero-order chi connectivity index (χ0) is 26.6. The third-order valence-electron chi connectivity index (χ3n) is 5.59. The monoisotopic (exact) mass is 513 g/mol. The molecule has 3 rings (SSSR count). The smallest absolute Gasteiger partial charge is 0.306 e. The summed E-state index contributed by atoms with van der Waals surface area (Å²) < 4.78 is 56.1. The molecule has 0 N–H and O–H groups in total. The van der Waals surface area contributed by atoms with Gasteiger partial charge in [-0.1, -0.05) is 23.8 Å². The Morgan fingerprint density at radius 2 is 1.64 bits per heavy atom. The summed E-state index contributed by atoms with van der Waals surface area (Å²) in [6, 6.07) is 14.1. The van der Waals surface area contributed by atoms with Crippen LogP contribution in [-0.2, 0) is 10.1 Å². The minimum Gasteiger partial charge on any atom is -0.496 e. The molecule has 8 heteroatoms. The molecule has 36 heavy (non-hydrogen) atoms. The number of rotatable bonds is 9. The molecule has 3 aromatic carbocycles. The Hall–Kier alpha value is -3.52. The molecule has 0 aromatic heterocycles. The highest BCUT2D eigenvalue weighted by atomic mass is 32.2. The minimum atomic E-state index is -3.90. The van der Waals surface area contributed by atoms with Gasteiger partial charge in [0.05, 0.1) is 18.9 Å². The third-order valence-corrected chi connectivity index (χ3v) is 6.06. The second-order valence-electron chi connectivity index (χ2n) is 8.92. The first-order valence-corrected chi connectivity index (χ1v) is 13.2. The average Bonchev–Trinajstić information content (AvgIpc) is 2.80. The van der Waals surface area contributed by atoms with E-state index in [-0.39, 0.29) is 18.1 Å². The van der Waals surface area contributed by atoms with E-state index < -0.39 is 15.9 Å². The molecule has 0 unspecified atom stereocenters. The molecule has 0 spiro atoms. The van der Waals surface area contributed by atoms with Crippen LogP contribution in [0.3, 0.4) is 0 Å². The van der Waals surface area contributed by atoms with E-state index in [1.807, 2.05) is 69.3 Å². The number of allylic oxidation sites excluding steroid dienone is 1. The summed E-state index contributed by atoms with van der Waals surface area (Å²) in [5.41, 5.74) is 5.00. The third kappa shape index (κ3) is 6.37. The van der Waals surface area contributed by atoms with Crippen molar-refractivity contribution in [3.63, 3.8) is 0 Å². The molecule has 0 radical (unpaired) electrons. The van der Waals surface area contributed by atoms with Gasteiger partial charge >= 0.3 is 10.1 Å². The lowest BCUT2D eigenvalue weighted by Crippen LogP contribution is -2.10. The predicted octanol–water partition coefficient (Wildman–Crippen LogP) is 6.23. The SMILES string of the molecule is COc1cc(-c2ccc(N(C)C)cc2)c(C)c(OS(C)(=O)=O)c1-c1ccc(OCC=C(C)C)c(F)c1. The molecule has 3 aromatic rings. The highest BCUT2D eigenvalue weighted by molar-refractivity contribution is 7.86. The standard InChI is InChI=1S/C28H32FNO5S/c1-18(2)14-15-34-25-13-10-21(16-24(25)29)27-26(33-6)17-23(19(3)28(27)35-36(7,31)32)20-8-11-22(12-9-20)30(4)5/h8-14,16-17H,15H2,1-7H3. The summed E-state index contributed by atoms with van der Waals surface area (Å²) in [5.74, 6) is -0.0529. The van der Waals surface area contributed by atoms with Gasteiger partial charge in [-0.15, -0.1) is 0 Å². The molecule has 0 amide bonds. The maximum absolute atomic E-state index is 15.0. The molecule has 0 saturated carbocycles. The summed E-state index contributed by atoms with van der Waals surface area (Å²) in [6.07, 6.45) is 2.82. The molecular weight excluding hydrogens is 481 g/mol. The summed E-state index contributed by atoms with van der Waals surface area (Å²) in [4.78, 5) is 1.99. The molecular formula is C28H32FNO5S. The zero-order valence-electron chi connectivity index (χ0n) is 21.7.